The number of carbonyl (C=O) groups is 1. The summed E-state index contributed by atoms with van der Waals surface area (Å²) in [5, 5.41) is 4.01. The predicted octanol–water partition coefficient (Wildman–Crippen LogP) is 5.83. The number of hydrogen-bond acceptors (Lipinski definition) is 2. The molecule has 2 aromatic carbocycles. The van der Waals surface area contributed by atoms with E-state index in [2.05, 4.69) is 5.32 Å². The smallest absolute Gasteiger partial charge is 0.284 e. The molecule has 182 valence electrons. The van der Waals surface area contributed by atoms with Crippen LogP contribution in [0.5, 0.6) is 0 Å². The molecule has 0 atom stereocenters. The van der Waals surface area contributed by atoms with Crippen molar-refractivity contribution in [1.82, 2.24) is 14.7 Å². The Balaban J connectivity index is 1.38. The van der Waals surface area contributed by atoms with E-state index < -0.39 is 5.56 Å². The molecule has 0 spiro atoms. The number of rotatable bonds is 5. The third-order valence-electron chi connectivity index (χ3n) is 7.99. The minimum absolute atomic E-state index is 0.0585. The maximum absolute atomic E-state index is 13.9. The lowest BCUT2D eigenvalue weighted by atomic mass is 9.53. The molecule has 0 saturated heterocycles. The van der Waals surface area contributed by atoms with Crippen molar-refractivity contribution in [1.29, 1.82) is 0 Å². The summed E-state index contributed by atoms with van der Waals surface area (Å²) in [6, 6.07) is 11.0. The van der Waals surface area contributed by atoms with Crippen LogP contribution in [0.4, 0.5) is 4.39 Å². The maximum atomic E-state index is 13.9. The highest BCUT2D eigenvalue weighted by molar-refractivity contribution is 6.35. The van der Waals surface area contributed by atoms with Crippen molar-refractivity contribution in [2.24, 2.45) is 17.8 Å². The first-order chi connectivity index (χ1) is 16.8. The van der Waals surface area contributed by atoms with E-state index in [1.807, 2.05) is 0 Å². The third-order valence-corrected chi connectivity index (χ3v) is 8.53. The van der Waals surface area contributed by atoms with Gasteiger partial charge >= 0.3 is 0 Å². The van der Waals surface area contributed by atoms with Crippen LogP contribution in [0.15, 0.2) is 53.5 Å². The van der Waals surface area contributed by atoms with Gasteiger partial charge in [0.2, 0.25) is 0 Å². The number of amides is 1. The van der Waals surface area contributed by atoms with Crippen molar-refractivity contribution in [2.75, 3.05) is 0 Å². The summed E-state index contributed by atoms with van der Waals surface area (Å²) in [5.74, 6) is 1.29. The minimum Gasteiger partial charge on any atom is -0.346 e. The number of hydrogen-bond donors (Lipinski definition) is 1. The Labute approximate surface area is 212 Å². The maximum Gasteiger partial charge on any atom is 0.284 e. The molecule has 8 heteroatoms. The second kappa shape index (κ2) is 8.52. The molecule has 4 aliphatic carbocycles. The van der Waals surface area contributed by atoms with Crippen LogP contribution >= 0.6 is 23.2 Å². The lowest BCUT2D eigenvalue weighted by Crippen LogP contribution is -2.60. The molecule has 4 aliphatic rings. The van der Waals surface area contributed by atoms with Gasteiger partial charge in [-0.2, -0.15) is 0 Å². The zero-order valence-corrected chi connectivity index (χ0v) is 20.7. The predicted molar refractivity (Wildman–Crippen MR) is 134 cm³/mol. The van der Waals surface area contributed by atoms with Crippen LogP contribution in [-0.2, 0) is 6.54 Å². The number of carbonyl (C=O) groups excluding carboxylic acids is 1. The topological polar surface area (TPSA) is 56.0 Å². The molecular formula is C27H26Cl2FN3O2. The van der Waals surface area contributed by atoms with E-state index >= 15 is 0 Å². The molecule has 4 saturated carbocycles. The molecule has 5 nitrogen and oxygen atoms in total. The van der Waals surface area contributed by atoms with Gasteiger partial charge in [-0.05, 0) is 92.2 Å². The quantitative estimate of drug-likeness (QED) is 0.466. The van der Waals surface area contributed by atoms with Gasteiger partial charge in [0.1, 0.15) is 11.4 Å². The second-order valence-electron chi connectivity index (χ2n) is 10.6. The molecular weight excluding hydrogens is 488 g/mol. The van der Waals surface area contributed by atoms with Crippen molar-refractivity contribution in [3.63, 3.8) is 0 Å². The number of aromatic nitrogens is 2. The largest absolute Gasteiger partial charge is 0.346 e. The lowest BCUT2D eigenvalue weighted by molar-refractivity contribution is -0.0167. The van der Waals surface area contributed by atoms with Gasteiger partial charge in [0.15, 0.2) is 0 Å². The number of benzene rings is 2. The van der Waals surface area contributed by atoms with Gasteiger partial charge in [-0.25, -0.2) is 9.07 Å². The molecule has 1 amide bonds. The van der Waals surface area contributed by atoms with Crippen LogP contribution in [-0.4, -0.2) is 20.8 Å². The summed E-state index contributed by atoms with van der Waals surface area (Å²) < 4.78 is 16.8. The average molecular weight is 514 g/mol. The number of halogens is 3. The Bertz CT molecular complexity index is 1340. The molecule has 0 aliphatic heterocycles. The van der Waals surface area contributed by atoms with Crippen molar-refractivity contribution >= 4 is 29.1 Å². The molecule has 35 heavy (non-hydrogen) atoms. The van der Waals surface area contributed by atoms with Gasteiger partial charge in [-0.15, -0.1) is 0 Å². The first-order valence-electron chi connectivity index (χ1n) is 12.1. The lowest BCUT2D eigenvalue weighted by Gasteiger charge is -2.56. The number of nitrogens with one attached hydrogen (secondary N) is 1. The first kappa shape index (κ1) is 22.9. The normalized spacial score (nSPS) is 26.8. The van der Waals surface area contributed by atoms with E-state index in [4.69, 9.17) is 23.2 Å². The van der Waals surface area contributed by atoms with E-state index in [9.17, 15) is 14.0 Å². The van der Waals surface area contributed by atoms with E-state index in [-0.39, 0.29) is 34.4 Å². The highest BCUT2D eigenvalue weighted by Gasteiger charge is 2.51. The molecule has 1 N–H and O–H groups in total. The fraction of sp³-hybridized carbons (Fsp3) is 0.407. The summed E-state index contributed by atoms with van der Waals surface area (Å²) >= 11 is 12.5. The summed E-state index contributed by atoms with van der Waals surface area (Å²) in [5.41, 5.74) is 0.445. The van der Waals surface area contributed by atoms with E-state index in [0.717, 1.165) is 19.3 Å². The van der Waals surface area contributed by atoms with Crippen molar-refractivity contribution in [2.45, 2.75) is 50.6 Å². The van der Waals surface area contributed by atoms with Gasteiger partial charge in [0, 0.05) is 16.8 Å². The van der Waals surface area contributed by atoms with Crippen molar-refractivity contribution in [3.05, 3.63) is 86.0 Å². The summed E-state index contributed by atoms with van der Waals surface area (Å²) in [6.45, 7) is 0.191. The minimum atomic E-state index is -0.465. The summed E-state index contributed by atoms with van der Waals surface area (Å²) in [4.78, 5) is 27.2. The first-order valence-corrected chi connectivity index (χ1v) is 12.9. The average Bonchev–Trinajstić information content (AvgIpc) is 3.08. The molecule has 4 bridgehead atoms. The zero-order chi connectivity index (χ0) is 24.3. The molecule has 3 aromatic rings. The van der Waals surface area contributed by atoms with E-state index in [1.165, 1.54) is 36.1 Å². The van der Waals surface area contributed by atoms with Crippen molar-refractivity contribution in [3.8, 4) is 5.69 Å². The third kappa shape index (κ3) is 4.21. The highest BCUT2D eigenvalue weighted by atomic mass is 35.5. The monoisotopic (exact) mass is 513 g/mol. The molecule has 0 radical (unpaired) electrons. The van der Waals surface area contributed by atoms with Gasteiger partial charge in [0.05, 0.1) is 17.3 Å². The van der Waals surface area contributed by atoms with Crippen LogP contribution in [0.2, 0.25) is 10.0 Å². The van der Waals surface area contributed by atoms with Gasteiger partial charge in [-0.1, -0.05) is 35.3 Å². The van der Waals surface area contributed by atoms with E-state index in [0.29, 0.717) is 34.0 Å². The molecule has 1 heterocycles. The Kier molecular flexibility index (Phi) is 5.57. The summed E-state index contributed by atoms with van der Waals surface area (Å²) in [7, 11) is 0. The SMILES string of the molecule is O=C(NC12CC3CC(CC(C3)C1)C2)c1cn(Cc2cccc(F)c2)n(-c2ccc(Cl)cc2Cl)c1=O. The molecule has 0 unspecified atom stereocenters. The van der Waals surface area contributed by atoms with Crippen LogP contribution in [0.3, 0.4) is 0 Å². The molecule has 4 fully saturated rings. The second-order valence-corrected chi connectivity index (χ2v) is 11.5. The fourth-order valence-corrected chi connectivity index (χ4v) is 7.55. The van der Waals surface area contributed by atoms with Crippen LogP contribution in [0.25, 0.3) is 5.69 Å². The van der Waals surface area contributed by atoms with Gasteiger partial charge < -0.3 is 5.32 Å². The molecule has 7 rings (SSSR count). The Morgan fingerprint density at radius 2 is 1.71 bits per heavy atom. The summed E-state index contributed by atoms with van der Waals surface area (Å²) in [6.07, 6.45) is 8.32. The van der Waals surface area contributed by atoms with E-state index in [1.54, 1.807) is 41.2 Å². The zero-order valence-electron chi connectivity index (χ0n) is 19.1. The Hall–Kier alpha value is -2.57. The van der Waals surface area contributed by atoms with Gasteiger partial charge in [0.25, 0.3) is 11.5 Å². The van der Waals surface area contributed by atoms with Crippen LogP contribution in [0, 0.1) is 23.6 Å². The van der Waals surface area contributed by atoms with Gasteiger partial charge in [-0.3, -0.25) is 14.3 Å². The Morgan fingerprint density at radius 1 is 1.03 bits per heavy atom. The van der Waals surface area contributed by atoms with Crippen LogP contribution < -0.4 is 10.9 Å². The fourth-order valence-electron chi connectivity index (χ4n) is 7.06. The van der Waals surface area contributed by atoms with Crippen molar-refractivity contribution < 1.29 is 9.18 Å². The van der Waals surface area contributed by atoms with Crippen LogP contribution in [0.1, 0.15) is 54.4 Å². The molecule has 1 aromatic heterocycles. The Morgan fingerprint density at radius 3 is 2.34 bits per heavy atom. The number of nitrogens with zero attached hydrogens (tertiary/aromatic N) is 2. The standard InChI is InChI=1S/C27H26Cl2FN3O2/c28-20-4-5-24(23(29)10-20)33-26(35)22(15-32(33)14-16-2-1-3-21(30)9-16)25(34)31-27-11-17-6-18(12-27)8-19(7-17)13-27/h1-5,9-10,15,17-19H,6-8,11-14H2,(H,31,34). The highest BCUT2D eigenvalue weighted by Crippen LogP contribution is 2.55.